The summed E-state index contributed by atoms with van der Waals surface area (Å²) in [5, 5.41) is 0. The molecule has 0 saturated carbocycles. The van der Waals surface area contributed by atoms with Crippen molar-refractivity contribution in [3.8, 4) is 0 Å². The summed E-state index contributed by atoms with van der Waals surface area (Å²) in [6, 6.07) is 9.12. The molecule has 0 aromatic heterocycles. The van der Waals surface area contributed by atoms with Gasteiger partial charge in [0.05, 0.1) is 0 Å². The van der Waals surface area contributed by atoms with E-state index >= 15 is 0 Å². The molecule has 1 aromatic rings. The fourth-order valence-corrected chi connectivity index (χ4v) is 3.30. The number of aryl methyl sites for hydroxylation is 1. The lowest BCUT2D eigenvalue weighted by atomic mass is 9.88. The topological polar surface area (TPSA) is 3.24 Å². The van der Waals surface area contributed by atoms with Gasteiger partial charge in [-0.05, 0) is 75.6 Å². The number of likely N-dealkylation sites (tertiary alicyclic amines) is 1. The van der Waals surface area contributed by atoms with E-state index in [9.17, 15) is 0 Å². The van der Waals surface area contributed by atoms with Gasteiger partial charge in [-0.25, -0.2) is 0 Å². The summed E-state index contributed by atoms with van der Waals surface area (Å²) in [7, 11) is 0. The molecule has 1 saturated heterocycles. The van der Waals surface area contributed by atoms with Gasteiger partial charge in [0.2, 0.25) is 0 Å². The van der Waals surface area contributed by atoms with Crippen LogP contribution in [0.25, 0.3) is 0 Å². The van der Waals surface area contributed by atoms with E-state index in [2.05, 4.69) is 56.9 Å². The Kier molecular flexibility index (Phi) is 5.87. The first-order valence-corrected chi connectivity index (χ1v) is 8.70. The zero-order valence-electron chi connectivity index (χ0n) is 14.5. The largest absolute Gasteiger partial charge is 0.303 e. The Morgan fingerprint density at radius 2 is 1.67 bits per heavy atom. The third-order valence-corrected chi connectivity index (χ3v) is 4.75. The second kappa shape index (κ2) is 7.45. The van der Waals surface area contributed by atoms with Crippen molar-refractivity contribution in [2.75, 3.05) is 19.6 Å². The minimum atomic E-state index is 0.490. The summed E-state index contributed by atoms with van der Waals surface area (Å²) < 4.78 is 0. The predicted octanol–water partition coefficient (Wildman–Crippen LogP) is 5.08. The van der Waals surface area contributed by atoms with Crippen LogP contribution in [0.4, 0.5) is 0 Å². The third-order valence-electron chi connectivity index (χ3n) is 4.75. The Morgan fingerprint density at radius 1 is 1.05 bits per heavy atom. The highest BCUT2D eigenvalue weighted by atomic mass is 15.1. The van der Waals surface area contributed by atoms with Gasteiger partial charge < -0.3 is 4.90 Å². The molecule has 1 aliphatic rings. The molecule has 1 aromatic carbocycles. The fourth-order valence-electron chi connectivity index (χ4n) is 3.30. The van der Waals surface area contributed by atoms with Crippen LogP contribution in [0.5, 0.6) is 0 Å². The van der Waals surface area contributed by atoms with Crippen molar-refractivity contribution in [2.45, 2.75) is 59.8 Å². The minimum absolute atomic E-state index is 0.490. The van der Waals surface area contributed by atoms with Crippen molar-refractivity contribution in [3.63, 3.8) is 0 Å². The van der Waals surface area contributed by atoms with Crippen LogP contribution in [0.1, 0.15) is 57.6 Å². The van der Waals surface area contributed by atoms with Crippen molar-refractivity contribution in [2.24, 2.45) is 11.3 Å². The molecular weight excluding hydrogens is 254 g/mol. The predicted molar refractivity (Wildman–Crippen MR) is 92.7 cm³/mol. The van der Waals surface area contributed by atoms with Crippen molar-refractivity contribution < 1.29 is 0 Å². The summed E-state index contributed by atoms with van der Waals surface area (Å²) in [5.41, 5.74) is 3.38. The van der Waals surface area contributed by atoms with Gasteiger partial charge in [0.15, 0.2) is 0 Å². The fraction of sp³-hybridized carbons (Fsp3) is 0.700. The molecule has 21 heavy (non-hydrogen) atoms. The summed E-state index contributed by atoms with van der Waals surface area (Å²) in [4.78, 5) is 2.68. The monoisotopic (exact) mass is 287 g/mol. The lowest BCUT2D eigenvalue weighted by molar-refractivity contribution is 0.174. The zero-order valence-corrected chi connectivity index (χ0v) is 14.5. The van der Waals surface area contributed by atoms with Crippen molar-refractivity contribution in [3.05, 3.63) is 35.4 Å². The van der Waals surface area contributed by atoms with Gasteiger partial charge in [-0.15, -0.1) is 0 Å². The van der Waals surface area contributed by atoms with Gasteiger partial charge in [0, 0.05) is 0 Å². The Balaban J connectivity index is 1.67. The Morgan fingerprint density at radius 3 is 2.24 bits per heavy atom. The molecule has 2 rings (SSSR count). The molecule has 1 heteroatoms. The maximum Gasteiger partial charge on any atom is -0.00160 e. The van der Waals surface area contributed by atoms with E-state index in [1.807, 2.05) is 0 Å². The minimum Gasteiger partial charge on any atom is -0.303 e. The number of rotatable bonds is 5. The first-order chi connectivity index (χ1) is 9.92. The zero-order chi connectivity index (χ0) is 15.3. The molecule has 0 amide bonds. The van der Waals surface area contributed by atoms with Crippen LogP contribution < -0.4 is 0 Å². The molecule has 0 bridgehead atoms. The standard InChI is InChI=1S/C20H33N/c1-17-6-8-18(9-7-17)16-19-10-14-21(15-11-19)13-5-12-20(2,3)4/h6-9,19H,5,10-16H2,1-4H3. The average molecular weight is 287 g/mol. The average Bonchev–Trinajstić information content (AvgIpc) is 2.42. The summed E-state index contributed by atoms with van der Waals surface area (Å²) >= 11 is 0. The Labute approximate surface area is 131 Å². The smallest absolute Gasteiger partial charge is 0.00160 e. The molecule has 1 fully saturated rings. The van der Waals surface area contributed by atoms with Crippen LogP contribution in [0.15, 0.2) is 24.3 Å². The highest BCUT2D eigenvalue weighted by molar-refractivity contribution is 5.21. The van der Waals surface area contributed by atoms with E-state index in [-0.39, 0.29) is 0 Å². The second-order valence-electron chi connectivity index (χ2n) is 8.14. The maximum absolute atomic E-state index is 2.68. The molecular formula is C20H33N. The van der Waals surface area contributed by atoms with E-state index in [4.69, 9.17) is 0 Å². The molecule has 0 aliphatic carbocycles. The molecule has 118 valence electrons. The van der Waals surface area contributed by atoms with Gasteiger partial charge in [-0.2, -0.15) is 0 Å². The van der Waals surface area contributed by atoms with Crippen LogP contribution in [-0.2, 0) is 6.42 Å². The first kappa shape index (κ1) is 16.5. The van der Waals surface area contributed by atoms with Gasteiger partial charge in [0.25, 0.3) is 0 Å². The van der Waals surface area contributed by atoms with Crippen molar-refractivity contribution in [1.82, 2.24) is 4.90 Å². The Hall–Kier alpha value is -0.820. The number of hydrogen-bond acceptors (Lipinski definition) is 1. The number of benzene rings is 1. The van der Waals surface area contributed by atoms with Crippen LogP contribution in [0, 0.1) is 18.3 Å². The highest BCUT2D eigenvalue weighted by Gasteiger charge is 2.19. The number of piperidine rings is 1. The van der Waals surface area contributed by atoms with Gasteiger partial charge in [0.1, 0.15) is 0 Å². The summed E-state index contributed by atoms with van der Waals surface area (Å²) in [5.74, 6) is 0.895. The van der Waals surface area contributed by atoms with Crippen LogP contribution in [-0.4, -0.2) is 24.5 Å². The Bertz CT molecular complexity index is 404. The number of hydrogen-bond donors (Lipinski definition) is 0. The van der Waals surface area contributed by atoms with E-state index in [1.165, 1.54) is 62.9 Å². The molecule has 1 nitrogen and oxygen atoms in total. The maximum atomic E-state index is 2.68. The van der Waals surface area contributed by atoms with E-state index in [1.54, 1.807) is 0 Å². The molecule has 1 heterocycles. The van der Waals surface area contributed by atoms with E-state index < -0.39 is 0 Å². The highest BCUT2D eigenvalue weighted by Crippen LogP contribution is 2.24. The SMILES string of the molecule is Cc1ccc(CC2CCN(CCCC(C)(C)C)CC2)cc1. The summed E-state index contributed by atoms with van der Waals surface area (Å²) in [6.07, 6.45) is 6.73. The van der Waals surface area contributed by atoms with E-state index in [0.29, 0.717) is 5.41 Å². The molecule has 1 aliphatic heterocycles. The van der Waals surface area contributed by atoms with Gasteiger partial charge in [-0.1, -0.05) is 50.6 Å². The normalized spacial score (nSPS) is 18.1. The number of nitrogens with zero attached hydrogens (tertiary/aromatic N) is 1. The lowest BCUT2D eigenvalue weighted by Gasteiger charge is -2.32. The van der Waals surface area contributed by atoms with E-state index in [0.717, 1.165) is 5.92 Å². The van der Waals surface area contributed by atoms with Crippen molar-refractivity contribution in [1.29, 1.82) is 0 Å². The molecule has 0 unspecified atom stereocenters. The molecule has 0 spiro atoms. The van der Waals surface area contributed by atoms with Crippen molar-refractivity contribution >= 4 is 0 Å². The van der Waals surface area contributed by atoms with Gasteiger partial charge in [-0.3, -0.25) is 0 Å². The van der Waals surface area contributed by atoms with Crippen LogP contribution in [0.3, 0.4) is 0 Å². The lowest BCUT2D eigenvalue weighted by Crippen LogP contribution is -2.35. The second-order valence-corrected chi connectivity index (χ2v) is 8.14. The molecule has 0 radical (unpaired) electrons. The molecule has 0 N–H and O–H groups in total. The third kappa shape index (κ3) is 6.22. The van der Waals surface area contributed by atoms with Crippen LogP contribution in [0.2, 0.25) is 0 Å². The van der Waals surface area contributed by atoms with Gasteiger partial charge >= 0.3 is 0 Å². The quantitative estimate of drug-likeness (QED) is 0.730. The molecule has 0 atom stereocenters. The van der Waals surface area contributed by atoms with Crippen LogP contribution >= 0.6 is 0 Å². The first-order valence-electron chi connectivity index (χ1n) is 8.70. The summed E-state index contributed by atoms with van der Waals surface area (Å²) in [6.45, 7) is 13.1.